The molecule has 1 aromatic heterocycles. The monoisotopic (exact) mass is 332 g/mol. The van der Waals surface area contributed by atoms with E-state index in [1.165, 1.54) is 11.8 Å². The standard InChI is InChI=1S/C16H20N4O2S/c1-3-20-15(11-5-4-6-13(9-11)22-2)18-19-16(20)23-10-14(21)17-12-7-8-12/h4-6,9,12H,3,7-8,10H2,1-2H3,(H,17,21). The number of rotatable bonds is 7. The predicted octanol–water partition coefficient (Wildman–Crippen LogP) is 2.34. The van der Waals surface area contributed by atoms with Crippen LogP contribution in [0.25, 0.3) is 11.4 Å². The number of thioether (sulfide) groups is 1. The van der Waals surface area contributed by atoms with E-state index in [4.69, 9.17) is 4.74 Å². The van der Waals surface area contributed by atoms with Gasteiger partial charge in [-0.1, -0.05) is 23.9 Å². The zero-order valence-electron chi connectivity index (χ0n) is 13.3. The van der Waals surface area contributed by atoms with Crippen molar-refractivity contribution < 1.29 is 9.53 Å². The Morgan fingerprint density at radius 2 is 2.26 bits per heavy atom. The Hall–Kier alpha value is -2.02. The summed E-state index contributed by atoms with van der Waals surface area (Å²) in [4.78, 5) is 11.8. The number of ether oxygens (including phenoxy) is 1. The lowest BCUT2D eigenvalue weighted by Gasteiger charge is -2.08. The van der Waals surface area contributed by atoms with Gasteiger partial charge in [0.25, 0.3) is 0 Å². The van der Waals surface area contributed by atoms with E-state index in [0.29, 0.717) is 11.8 Å². The summed E-state index contributed by atoms with van der Waals surface area (Å²) in [6.45, 7) is 2.79. The lowest BCUT2D eigenvalue weighted by Crippen LogP contribution is -2.27. The van der Waals surface area contributed by atoms with Crippen LogP contribution in [-0.2, 0) is 11.3 Å². The second kappa shape index (κ2) is 7.04. The summed E-state index contributed by atoms with van der Waals surface area (Å²) in [6, 6.07) is 8.13. The first kappa shape index (κ1) is 15.9. The van der Waals surface area contributed by atoms with Gasteiger partial charge in [-0.25, -0.2) is 0 Å². The van der Waals surface area contributed by atoms with Crippen molar-refractivity contribution in [3.8, 4) is 17.1 Å². The predicted molar refractivity (Wildman–Crippen MR) is 89.6 cm³/mol. The zero-order chi connectivity index (χ0) is 16.2. The van der Waals surface area contributed by atoms with Gasteiger partial charge in [-0.3, -0.25) is 4.79 Å². The molecule has 0 radical (unpaired) electrons. The van der Waals surface area contributed by atoms with Crippen LogP contribution in [-0.4, -0.2) is 39.6 Å². The highest BCUT2D eigenvalue weighted by Crippen LogP contribution is 2.26. The van der Waals surface area contributed by atoms with Gasteiger partial charge in [0.2, 0.25) is 5.91 Å². The van der Waals surface area contributed by atoms with Crippen molar-refractivity contribution in [3.05, 3.63) is 24.3 Å². The molecule has 122 valence electrons. The largest absolute Gasteiger partial charge is 0.497 e. The molecule has 1 fully saturated rings. The number of nitrogens with zero attached hydrogens (tertiary/aromatic N) is 3. The summed E-state index contributed by atoms with van der Waals surface area (Å²) >= 11 is 1.42. The molecule has 2 aromatic rings. The fourth-order valence-corrected chi connectivity index (χ4v) is 3.10. The fourth-order valence-electron chi connectivity index (χ4n) is 2.28. The number of methoxy groups -OCH3 is 1. The number of amides is 1. The maximum atomic E-state index is 11.8. The fraction of sp³-hybridized carbons (Fsp3) is 0.438. The molecule has 6 nitrogen and oxygen atoms in total. The smallest absolute Gasteiger partial charge is 0.230 e. The summed E-state index contributed by atoms with van der Waals surface area (Å²) in [5.41, 5.74) is 0.952. The molecule has 1 aliphatic carbocycles. The molecule has 1 aliphatic rings. The number of benzene rings is 1. The van der Waals surface area contributed by atoms with Crippen LogP contribution in [0.2, 0.25) is 0 Å². The lowest BCUT2D eigenvalue weighted by molar-refractivity contribution is -0.118. The van der Waals surface area contributed by atoms with Gasteiger partial charge in [-0.05, 0) is 31.9 Å². The molecule has 0 spiro atoms. The number of nitrogens with one attached hydrogen (secondary N) is 1. The SMILES string of the molecule is CCn1c(SCC(=O)NC2CC2)nnc1-c1cccc(OC)c1. The number of carbonyl (C=O) groups is 1. The minimum atomic E-state index is 0.0612. The molecule has 0 saturated heterocycles. The second-order valence-corrected chi connectivity index (χ2v) is 6.36. The van der Waals surface area contributed by atoms with E-state index >= 15 is 0 Å². The van der Waals surface area contributed by atoms with E-state index in [2.05, 4.69) is 15.5 Å². The van der Waals surface area contributed by atoms with E-state index in [0.717, 1.165) is 41.7 Å². The Balaban J connectivity index is 1.74. The van der Waals surface area contributed by atoms with Crippen LogP contribution in [0.5, 0.6) is 5.75 Å². The van der Waals surface area contributed by atoms with E-state index in [1.54, 1.807) is 7.11 Å². The molecule has 7 heteroatoms. The first-order valence-corrected chi connectivity index (χ1v) is 8.69. The van der Waals surface area contributed by atoms with E-state index in [1.807, 2.05) is 35.8 Å². The molecule has 3 rings (SSSR count). The Kier molecular flexibility index (Phi) is 4.85. The first-order valence-electron chi connectivity index (χ1n) is 7.71. The Bertz CT molecular complexity index is 697. The van der Waals surface area contributed by atoms with Crippen LogP contribution in [0.15, 0.2) is 29.4 Å². The minimum absolute atomic E-state index is 0.0612. The molecule has 0 unspecified atom stereocenters. The van der Waals surface area contributed by atoms with E-state index in [-0.39, 0.29) is 5.91 Å². The maximum absolute atomic E-state index is 11.8. The molecule has 1 saturated carbocycles. The zero-order valence-corrected chi connectivity index (χ0v) is 14.1. The van der Waals surface area contributed by atoms with Gasteiger partial charge in [0.05, 0.1) is 12.9 Å². The van der Waals surface area contributed by atoms with Crippen molar-refractivity contribution in [1.29, 1.82) is 0 Å². The quantitative estimate of drug-likeness (QED) is 0.788. The van der Waals surface area contributed by atoms with Crippen LogP contribution in [0, 0.1) is 0 Å². The molecular formula is C16H20N4O2S. The van der Waals surface area contributed by atoms with E-state index in [9.17, 15) is 4.79 Å². The molecule has 1 aromatic carbocycles. The van der Waals surface area contributed by atoms with Crippen molar-refractivity contribution >= 4 is 17.7 Å². The highest BCUT2D eigenvalue weighted by Gasteiger charge is 2.23. The van der Waals surface area contributed by atoms with Gasteiger partial charge < -0.3 is 14.6 Å². The molecule has 1 N–H and O–H groups in total. The topological polar surface area (TPSA) is 69.0 Å². The molecular weight excluding hydrogens is 312 g/mol. The van der Waals surface area contributed by atoms with Gasteiger partial charge >= 0.3 is 0 Å². The molecule has 1 heterocycles. The summed E-state index contributed by atoms with van der Waals surface area (Å²) in [5, 5.41) is 12.3. The van der Waals surface area contributed by atoms with Crippen LogP contribution in [0.3, 0.4) is 0 Å². The normalized spacial score (nSPS) is 13.8. The Morgan fingerprint density at radius 3 is 2.96 bits per heavy atom. The highest BCUT2D eigenvalue weighted by molar-refractivity contribution is 7.99. The molecule has 0 bridgehead atoms. The van der Waals surface area contributed by atoms with Crippen LogP contribution in [0.1, 0.15) is 19.8 Å². The van der Waals surface area contributed by atoms with Crippen molar-refractivity contribution in [2.75, 3.05) is 12.9 Å². The lowest BCUT2D eigenvalue weighted by atomic mass is 10.2. The van der Waals surface area contributed by atoms with Crippen molar-refractivity contribution in [2.24, 2.45) is 0 Å². The van der Waals surface area contributed by atoms with Crippen LogP contribution < -0.4 is 10.1 Å². The average molecular weight is 332 g/mol. The van der Waals surface area contributed by atoms with E-state index < -0.39 is 0 Å². The third kappa shape index (κ3) is 3.85. The summed E-state index contributed by atoms with van der Waals surface area (Å²) in [7, 11) is 1.64. The third-order valence-electron chi connectivity index (χ3n) is 3.64. The molecule has 0 atom stereocenters. The van der Waals surface area contributed by atoms with Gasteiger partial charge in [-0.15, -0.1) is 10.2 Å². The van der Waals surface area contributed by atoms with Gasteiger partial charge in [0.1, 0.15) is 5.75 Å². The minimum Gasteiger partial charge on any atom is -0.497 e. The van der Waals surface area contributed by atoms with Gasteiger partial charge in [0.15, 0.2) is 11.0 Å². The molecule has 1 amide bonds. The highest BCUT2D eigenvalue weighted by atomic mass is 32.2. The second-order valence-electron chi connectivity index (χ2n) is 5.41. The summed E-state index contributed by atoms with van der Waals surface area (Å²) in [5.74, 6) is 2.00. The summed E-state index contributed by atoms with van der Waals surface area (Å²) in [6.07, 6.45) is 2.20. The average Bonchev–Trinajstić information content (AvgIpc) is 3.29. The van der Waals surface area contributed by atoms with Gasteiger partial charge in [-0.2, -0.15) is 0 Å². The van der Waals surface area contributed by atoms with Crippen LogP contribution >= 0.6 is 11.8 Å². The molecule has 0 aliphatic heterocycles. The Morgan fingerprint density at radius 1 is 1.43 bits per heavy atom. The van der Waals surface area contributed by atoms with Crippen LogP contribution in [0.4, 0.5) is 0 Å². The third-order valence-corrected chi connectivity index (χ3v) is 4.60. The van der Waals surface area contributed by atoms with Crippen molar-refractivity contribution in [2.45, 2.75) is 37.5 Å². The number of carbonyl (C=O) groups excluding carboxylic acids is 1. The molecule has 23 heavy (non-hydrogen) atoms. The number of hydrogen-bond acceptors (Lipinski definition) is 5. The number of hydrogen-bond donors (Lipinski definition) is 1. The Labute approximate surface area is 139 Å². The van der Waals surface area contributed by atoms with Crippen molar-refractivity contribution in [1.82, 2.24) is 20.1 Å². The van der Waals surface area contributed by atoms with Gasteiger partial charge in [0, 0.05) is 18.2 Å². The maximum Gasteiger partial charge on any atom is 0.230 e. The summed E-state index contributed by atoms with van der Waals surface area (Å²) < 4.78 is 7.28. The van der Waals surface area contributed by atoms with Crippen molar-refractivity contribution in [3.63, 3.8) is 0 Å². The first-order chi connectivity index (χ1) is 11.2. The number of aromatic nitrogens is 3.